The van der Waals surface area contributed by atoms with Crippen molar-refractivity contribution in [3.05, 3.63) is 23.2 Å². The van der Waals surface area contributed by atoms with Crippen LogP contribution in [0.4, 0.5) is 11.4 Å². The van der Waals surface area contributed by atoms with E-state index in [2.05, 4.69) is 23.8 Å². The van der Waals surface area contributed by atoms with Crippen molar-refractivity contribution in [1.29, 1.82) is 0 Å². The summed E-state index contributed by atoms with van der Waals surface area (Å²) in [6.45, 7) is 5.34. The van der Waals surface area contributed by atoms with Crippen molar-refractivity contribution >= 4 is 23.0 Å². The summed E-state index contributed by atoms with van der Waals surface area (Å²) in [6.07, 6.45) is 1.16. The lowest BCUT2D eigenvalue weighted by Gasteiger charge is -2.40. The molecule has 1 heterocycles. The number of anilines is 2. The highest BCUT2D eigenvalue weighted by Crippen LogP contribution is 2.28. The van der Waals surface area contributed by atoms with E-state index in [0.717, 1.165) is 42.5 Å². The first kappa shape index (κ1) is 12.5. The van der Waals surface area contributed by atoms with Crippen molar-refractivity contribution < 1.29 is 0 Å². The molecule has 1 atom stereocenters. The summed E-state index contributed by atoms with van der Waals surface area (Å²) in [4.78, 5) is 4.76. The predicted molar refractivity (Wildman–Crippen MR) is 74.8 cm³/mol. The molecule has 1 aromatic rings. The summed E-state index contributed by atoms with van der Waals surface area (Å²) in [5.41, 5.74) is 7.91. The zero-order valence-corrected chi connectivity index (χ0v) is 11.2. The van der Waals surface area contributed by atoms with Crippen molar-refractivity contribution in [3.8, 4) is 0 Å². The van der Waals surface area contributed by atoms with Gasteiger partial charge in [0.05, 0.1) is 11.4 Å². The molecule has 4 heteroatoms. The molecule has 1 unspecified atom stereocenters. The van der Waals surface area contributed by atoms with Gasteiger partial charge in [-0.15, -0.1) is 0 Å². The SMILES string of the molecule is CCC1CN(c2cc(Cl)ccc2N)CCN1C. The Morgan fingerprint density at radius 3 is 2.88 bits per heavy atom. The molecule has 0 bridgehead atoms. The van der Waals surface area contributed by atoms with Crippen LogP contribution in [0.25, 0.3) is 0 Å². The van der Waals surface area contributed by atoms with Crippen molar-refractivity contribution in [2.24, 2.45) is 0 Å². The third-order valence-corrected chi connectivity index (χ3v) is 3.82. The molecular weight excluding hydrogens is 234 g/mol. The maximum absolute atomic E-state index is 6.04. The Labute approximate surface area is 108 Å². The van der Waals surface area contributed by atoms with Gasteiger partial charge in [-0.2, -0.15) is 0 Å². The van der Waals surface area contributed by atoms with Crippen LogP contribution in [-0.2, 0) is 0 Å². The molecule has 2 rings (SSSR count). The fraction of sp³-hybridized carbons (Fsp3) is 0.538. The van der Waals surface area contributed by atoms with E-state index in [9.17, 15) is 0 Å². The van der Waals surface area contributed by atoms with Gasteiger partial charge < -0.3 is 10.6 Å². The average Bonchev–Trinajstić information content (AvgIpc) is 2.33. The van der Waals surface area contributed by atoms with Crippen LogP contribution in [0.3, 0.4) is 0 Å². The molecule has 1 aromatic carbocycles. The molecule has 1 aliphatic rings. The van der Waals surface area contributed by atoms with Crippen LogP contribution in [0.5, 0.6) is 0 Å². The van der Waals surface area contributed by atoms with Crippen LogP contribution in [0.15, 0.2) is 18.2 Å². The number of halogens is 1. The first-order chi connectivity index (χ1) is 8.11. The second kappa shape index (κ2) is 5.15. The second-order valence-electron chi connectivity index (χ2n) is 4.69. The highest BCUT2D eigenvalue weighted by Gasteiger charge is 2.24. The van der Waals surface area contributed by atoms with E-state index in [4.69, 9.17) is 17.3 Å². The molecule has 0 amide bonds. The molecular formula is C13H20ClN3. The molecule has 0 spiro atoms. The number of rotatable bonds is 2. The molecule has 2 N–H and O–H groups in total. The fourth-order valence-corrected chi connectivity index (χ4v) is 2.56. The summed E-state index contributed by atoms with van der Waals surface area (Å²) in [5, 5.41) is 0.751. The topological polar surface area (TPSA) is 32.5 Å². The zero-order valence-electron chi connectivity index (χ0n) is 10.5. The van der Waals surface area contributed by atoms with Gasteiger partial charge >= 0.3 is 0 Å². The minimum absolute atomic E-state index is 0.599. The normalized spacial score (nSPS) is 21.8. The molecule has 0 aromatic heterocycles. The largest absolute Gasteiger partial charge is 0.397 e. The Morgan fingerprint density at radius 1 is 1.41 bits per heavy atom. The fourth-order valence-electron chi connectivity index (χ4n) is 2.40. The summed E-state index contributed by atoms with van der Waals surface area (Å²) >= 11 is 6.04. The molecule has 1 saturated heterocycles. The molecule has 94 valence electrons. The average molecular weight is 254 g/mol. The third kappa shape index (κ3) is 2.67. The Balaban J connectivity index is 2.20. The molecule has 17 heavy (non-hydrogen) atoms. The zero-order chi connectivity index (χ0) is 12.4. The number of piperazine rings is 1. The quantitative estimate of drug-likeness (QED) is 0.822. The Bertz CT molecular complexity index is 394. The van der Waals surface area contributed by atoms with Gasteiger partial charge in [0.25, 0.3) is 0 Å². The van der Waals surface area contributed by atoms with Crippen LogP contribution in [0.2, 0.25) is 5.02 Å². The lowest BCUT2D eigenvalue weighted by atomic mass is 10.1. The van der Waals surface area contributed by atoms with Gasteiger partial charge in [0, 0.05) is 30.7 Å². The number of hydrogen-bond acceptors (Lipinski definition) is 3. The summed E-state index contributed by atoms with van der Waals surface area (Å²) < 4.78 is 0. The van der Waals surface area contributed by atoms with Gasteiger partial charge in [-0.05, 0) is 31.7 Å². The van der Waals surface area contributed by atoms with Gasteiger partial charge in [0.1, 0.15) is 0 Å². The number of nitrogens with two attached hydrogens (primary N) is 1. The van der Waals surface area contributed by atoms with Crippen LogP contribution < -0.4 is 10.6 Å². The monoisotopic (exact) mass is 253 g/mol. The molecule has 3 nitrogen and oxygen atoms in total. The molecule has 0 aliphatic carbocycles. The van der Waals surface area contributed by atoms with Crippen LogP contribution in [0, 0.1) is 0 Å². The van der Waals surface area contributed by atoms with Crippen LogP contribution in [-0.4, -0.2) is 37.6 Å². The highest BCUT2D eigenvalue weighted by atomic mass is 35.5. The van der Waals surface area contributed by atoms with Crippen molar-refractivity contribution in [2.75, 3.05) is 37.3 Å². The van der Waals surface area contributed by atoms with E-state index < -0.39 is 0 Å². The third-order valence-electron chi connectivity index (χ3n) is 3.58. The number of hydrogen-bond donors (Lipinski definition) is 1. The number of benzene rings is 1. The minimum Gasteiger partial charge on any atom is -0.397 e. The van der Waals surface area contributed by atoms with E-state index in [1.165, 1.54) is 0 Å². The molecule has 0 radical (unpaired) electrons. The van der Waals surface area contributed by atoms with Crippen LogP contribution in [0.1, 0.15) is 13.3 Å². The van der Waals surface area contributed by atoms with Gasteiger partial charge in [0.15, 0.2) is 0 Å². The smallest absolute Gasteiger partial charge is 0.0615 e. The van der Waals surface area contributed by atoms with Gasteiger partial charge in [-0.1, -0.05) is 18.5 Å². The first-order valence-corrected chi connectivity index (χ1v) is 6.49. The molecule has 1 aliphatic heterocycles. The van der Waals surface area contributed by atoms with Gasteiger partial charge in [-0.25, -0.2) is 0 Å². The number of nitrogen functional groups attached to an aromatic ring is 1. The van der Waals surface area contributed by atoms with E-state index in [-0.39, 0.29) is 0 Å². The summed E-state index contributed by atoms with van der Waals surface area (Å²) in [6, 6.07) is 6.29. The first-order valence-electron chi connectivity index (χ1n) is 6.12. The van der Waals surface area contributed by atoms with Gasteiger partial charge in [-0.3, -0.25) is 4.90 Å². The highest BCUT2D eigenvalue weighted by molar-refractivity contribution is 6.31. The van der Waals surface area contributed by atoms with Crippen molar-refractivity contribution in [3.63, 3.8) is 0 Å². The van der Waals surface area contributed by atoms with Crippen molar-refractivity contribution in [2.45, 2.75) is 19.4 Å². The summed E-state index contributed by atoms with van der Waals surface area (Å²) in [5.74, 6) is 0. The minimum atomic E-state index is 0.599. The van der Waals surface area contributed by atoms with E-state index in [1.807, 2.05) is 18.2 Å². The predicted octanol–water partition coefficient (Wildman–Crippen LogP) is 2.45. The Morgan fingerprint density at radius 2 is 2.18 bits per heavy atom. The second-order valence-corrected chi connectivity index (χ2v) is 5.13. The van der Waals surface area contributed by atoms with E-state index in [1.54, 1.807) is 0 Å². The Kier molecular flexibility index (Phi) is 3.79. The summed E-state index contributed by atoms with van der Waals surface area (Å²) in [7, 11) is 2.19. The lowest BCUT2D eigenvalue weighted by molar-refractivity contribution is 0.213. The van der Waals surface area contributed by atoms with Gasteiger partial charge in [0.2, 0.25) is 0 Å². The maximum Gasteiger partial charge on any atom is 0.0615 e. The van der Waals surface area contributed by atoms with E-state index >= 15 is 0 Å². The van der Waals surface area contributed by atoms with Crippen molar-refractivity contribution in [1.82, 2.24) is 4.90 Å². The maximum atomic E-state index is 6.04. The lowest BCUT2D eigenvalue weighted by Crippen LogP contribution is -2.51. The van der Waals surface area contributed by atoms with Crippen LogP contribution >= 0.6 is 11.6 Å². The molecule has 1 fully saturated rings. The number of likely N-dealkylation sites (N-methyl/N-ethyl adjacent to an activating group) is 1. The number of nitrogens with zero attached hydrogens (tertiary/aromatic N) is 2. The standard InChI is InChI=1S/C13H20ClN3/c1-3-11-9-17(7-6-16(11)2)13-8-10(14)4-5-12(13)15/h4-5,8,11H,3,6-7,9,15H2,1-2H3. The molecule has 0 saturated carbocycles. The Hall–Kier alpha value is -0.930. The van der Waals surface area contributed by atoms with E-state index in [0.29, 0.717) is 6.04 Å².